The van der Waals surface area contributed by atoms with Gasteiger partial charge in [0, 0.05) is 4.88 Å². The van der Waals surface area contributed by atoms with E-state index in [1.165, 1.54) is 17.0 Å². The second kappa shape index (κ2) is 5.25. The third-order valence-electron chi connectivity index (χ3n) is 4.83. The van der Waals surface area contributed by atoms with Gasteiger partial charge in [-0.3, -0.25) is 5.32 Å². The van der Waals surface area contributed by atoms with Gasteiger partial charge >= 0.3 is 6.03 Å². The van der Waals surface area contributed by atoms with Gasteiger partial charge in [0.25, 0.3) is 0 Å². The van der Waals surface area contributed by atoms with E-state index in [0.29, 0.717) is 6.10 Å². The Morgan fingerprint density at radius 3 is 3.05 bits per heavy atom. The van der Waals surface area contributed by atoms with Crippen LogP contribution in [-0.4, -0.2) is 29.3 Å². The molecule has 2 fully saturated rings. The van der Waals surface area contributed by atoms with Gasteiger partial charge in [-0.1, -0.05) is 6.92 Å². The van der Waals surface area contributed by atoms with Crippen LogP contribution in [0.25, 0.3) is 0 Å². The summed E-state index contributed by atoms with van der Waals surface area (Å²) in [6, 6.07) is 0.0219. The summed E-state index contributed by atoms with van der Waals surface area (Å²) < 4.78 is 5.76. The number of hydrogen-bond acceptors (Lipinski definition) is 4. The van der Waals surface area contributed by atoms with Crippen molar-refractivity contribution in [2.75, 3.05) is 5.32 Å². The zero-order chi connectivity index (χ0) is 14.4. The number of fused-ring (bicyclic) bond motifs is 3. The molecule has 2 bridgehead atoms. The van der Waals surface area contributed by atoms with E-state index in [2.05, 4.69) is 22.5 Å². The molecule has 0 saturated carbocycles. The number of nitrogens with one attached hydrogen (secondary N) is 2. The minimum Gasteiger partial charge on any atom is -0.373 e. The van der Waals surface area contributed by atoms with Crippen LogP contribution in [0.15, 0.2) is 0 Å². The van der Waals surface area contributed by atoms with Gasteiger partial charge in [-0.15, -0.1) is 11.3 Å². The number of carbonyl (C=O) groups excluding carboxylic acids is 1. The maximum Gasteiger partial charge on any atom is 0.321 e. The van der Waals surface area contributed by atoms with Gasteiger partial charge in [0.15, 0.2) is 5.13 Å². The number of hydrogen-bond donors (Lipinski definition) is 2. The van der Waals surface area contributed by atoms with E-state index < -0.39 is 0 Å². The molecule has 1 aromatic heterocycles. The van der Waals surface area contributed by atoms with Crippen molar-refractivity contribution in [2.45, 2.75) is 63.7 Å². The largest absolute Gasteiger partial charge is 0.373 e. The molecule has 1 aliphatic carbocycles. The van der Waals surface area contributed by atoms with Gasteiger partial charge in [0.2, 0.25) is 0 Å². The predicted octanol–water partition coefficient (Wildman–Crippen LogP) is 2.71. The molecule has 114 valence electrons. The fraction of sp³-hybridized carbons (Fsp3) is 0.733. The molecule has 0 aromatic carbocycles. The zero-order valence-electron chi connectivity index (χ0n) is 12.2. The minimum atomic E-state index is -0.143. The molecule has 4 rings (SSSR count). The number of amides is 2. The Bertz CT molecular complexity index is 559. The van der Waals surface area contributed by atoms with E-state index in [4.69, 9.17) is 4.74 Å². The molecule has 6 heteroatoms. The van der Waals surface area contributed by atoms with Crippen molar-refractivity contribution in [1.29, 1.82) is 0 Å². The first-order valence-electron chi connectivity index (χ1n) is 7.89. The summed E-state index contributed by atoms with van der Waals surface area (Å²) in [5, 5.41) is 6.67. The normalized spacial score (nSPS) is 33.8. The topological polar surface area (TPSA) is 63.2 Å². The van der Waals surface area contributed by atoms with Crippen molar-refractivity contribution in [1.82, 2.24) is 10.3 Å². The Hall–Kier alpha value is -1.14. The van der Waals surface area contributed by atoms with E-state index >= 15 is 0 Å². The summed E-state index contributed by atoms with van der Waals surface area (Å²) in [6.07, 6.45) is 7.06. The Balaban J connectivity index is 1.36. The number of ether oxygens (including phenoxy) is 1. The highest BCUT2D eigenvalue weighted by atomic mass is 32.1. The maximum atomic E-state index is 12.1. The molecule has 0 radical (unpaired) electrons. The van der Waals surface area contributed by atoms with Crippen LogP contribution in [0, 0.1) is 5.92 Å². The lowest BCUT2D eigenvalue weighted by Crippen LogP contribution is -2.43. The number of aromatic nitrogens is 1. The molecule has 3 heterocycles. The molecule has 2 N–H and O–H groups in total. The summed E-state index contributed by atoms with van der Waals surface area (Å²) in [5.74, 6) is 0.728. The Morgan fingerprint density at radius 2 is 2.29 bits per heavy atom. The van der Waals surface area contributed by atoms with Crippen molar-refractivity contribution in [3.8, 4) is 0 Å². The lowest BCUT2D eigenvalue weighted by Gasteiger charge is -2.19. The zero-order valence-corrected chi connectivity index (χ0v) is 13.0. The average Bonchev–Trinajstić information content (AvgIpc) is 3.12. The Labute approximate surface area is 128 Å². The number of anilines is 1. The van der Waals surface area contributed by atoms with Crippen molar-refractivity contribution >= 4 is 22.5 Å². The van der Waals surface area contributed by atoms with Gasteiger partial charge in [0.1, 0.15) is 0 Å². The van der Waals surface area contributed by atoms with Crippen LogP contribution < -0.4 is 10.6 Å². The Morgan fingerprint density at radius 1 is 1.38 bits per heavy atom. The van der Waals surface area contributed by atoms with Gasteiger partial charge in [-0.05, 0) is 44.4 Å². The summed E-state index contributed by atoms with van der Waals surface area (Å²) in [6.45, 7) is 2.28. The third-order valence-corrected chi connectivity index (χ3v) is 5.86. The van der Waals surface area contributed by atoms with Gasteiger partial charge in [0.05, 0.1) is 23.9 Å². The SMILES string of the molecule is C[C@@H]1CCc2nc(NC(=O)N[C@@H]3C[C@H]4CC[C@H]3O4)sc2C1. The standard InChI is InChI=1S/C15H21N3O2S/c1-8-2-4-10-13(6-8)21-15(17-10)18-14(19)16-11-7-9-3-5-12(11)20-9/h8-9,11-12H,2-7H2,1H3,(H2,16,17,18,19)/t8-,9-,11-,12-/m1/s1. The van der Waals surface area contributed by atoms with Crippen LogP contribution in [0.1, 0.15) is 43.2 Å². The molecule has 21 heavy (non-hydrogen) atoms. The average molecular weight is 307 g/mol. The van der Waals surface area contributed by atoms with E-state index in [-0.39, 0.29) is 18.2 Å². The quantitative estimate of drug-likeness (QED) is 0.883. The summed E-state index contributed by atoms with van der Waals surface area (Å²) >= 11 is 1.63. The molecule has 0 unspecified atom stereocenters. The van der Waals surface area contributed by atoms with E-state index in [0.717, 1.165) is 43.2 Å². The molecule has 5 nitrogen and oxygen atoms in total. The van der Waals surface area contributed by atoms with E-state index in [1.807, 2.05) is 0 Å². The molecule has 1 aromatic rings. The molecule has 2 saturated heterocycles. The maximum absolute atomic E-state index is 12.1. The van der Waals surface area contributed by atoms with Gasteiger partial charge in [-0.25, -0.2) is 9.78 Å². The fourth-order valence-corrected chi connectivity index (χ4v) is 4.85. The summed E-state index contributed by atoms with van der Waals surface area (Å²) in [4.78, 5) is 18.0. The highest BCUT2D eigenvalue weighted by molar-refractivity contribution is 7.15. The van der Waals surface area contributed by atoms with Crippen LogP contribution in [0.5, 0.6) is 0 Å². The van der Waals surface area contributed by atoms with Crippen LogP contribution in [-0.2, 0) is 17.6 Å². The van der Waals surface area contributed by atoms with Crippen LogP contribution in [0.4, 0.5) is 9.93 Å². The first-order chi connectivity index (χ1) is 10.2. The molecular formula is C15H21N3O2S. The Kier molecular flexibility index (Phi) is 3.38. The smallest absolute Gasteiger partial charge is 0.321 e. The monoisotopic (exact) mass is 307 g/mol. The van der Waals surface area contributed by atoms with Crippen molar-refractivity contribution in [3.63, 3.8) is 0 Å². The van der Waals surface area contributed by atoms with Crippen molar-refractivity contribution in [3.05, 3.63) is 10.6 Å². The lowest BCUT2D eigenvalue weighted by atomic mass is 9.93. The number of urea groups is 1. The first-order valence-corrected chi connectivity index (χ1v) is 8.70. The number of thiazole rings is 1. The molecule has 4 atom stereocenters. The number of rotatable bonds is 2. The highest BCUT2D eigenvalue weighted by Gasteiger charge is 2.41. The van der Waals surface area contributed by atoms with Crippen LogP contribution in [0.2, 0.25) is 0 Å². The van der Waals surface area contributed by atoms with Crippen LogP contribution >= 0.6 is 11.3 Å². The summed E-state index contributed by atoms with van der Waals surface area (Å²) in [7, 11) is 0. The second-order valence-electron chi connectivity index (χ2n) is 6.55. The van der Waals surface area contributed by atoms with E-state index in [9.17, 15) is 4.79 Å². The highest BCUT2D eigenvalue weighted by Crippen LogP contribution is 2.35. The third kappa shape index (κ3) is 2.66. The summed E-state index contributed by atoms with van der Waals surface area (Å²) in [5.41, 5.74) is 1.18. The molecule has 0 spiro atoms. The molecule has 2 aliphatic heterocycles. The predicted molar refractivity (Wildman–Crippen MR) is 81.8 cm³/mol. The van der Waals surface area contributed by atoms with Gasteiger partial charge in [-0.2, -0.15) is 0 Å². The first kappa shape index (κ1) is 13.5. The fourth-order valence-electron chi connectivity index (χ4n) is 3.68. The van der Waals surface area contributed by atoms with E-state index in [1.54, 1.807) is 11.3 Å². The lowest BCUT2D eigenvalue weighted by molar-refractivity contribution is 0.0984. The molecule has 3 aliphatic rings. The van der Waals surface area contributed by atoms with Crippen molar-refractivity contribution < 1.29 is 9.53 Å². The van der Waals surface area contributed by atoms with Crippen LogP contribution in [0.3, 0.4) is 0 Å². The minimum absolute atomic E-state index is 0.143. The van der Waals surface area contributed by atoms with Gasteiger partial charge < -0.3 is 10.1 Å². The number of aryl methyl sites for hydroxylation is 1. The number of nitrogens with zero attached hydrogens (tertiary/aromatic N) is 1. The van der Waals surface area contributed by atoms with Crippen molar-refractivity contribution in [2.24, 2.45) is 5.92 Å². The molecule has 2 amide bonds. The molecular weight excluding hydrogens is 286 g/mol. The second-order valence-corrected chi connectivity index (χ2v) is 7.64. The number of carbonyl (C=O) groups is 1.